The number of hydrogen-bond donors (Lipinski definition) is 1. The first-order valence-electron chi connectivity index (χ1n) is 10.3. The lowest BCUT2D eigenvalue weighted by molar-refractivity contribution is -0.147. The van der Waals surface area contributed by atoms with Gasteiger partial charge in [0.2, 0.25) is 11.8 Å². The van der Waals surface area contributed by atoms with E-state index in [1.807, 2.05) is 28.0 Å². The molecule has 3 rings (SSSR count). The second kappa shape index (κ2) is 8.87. The third-order valence-corrected chi connectivity index (χ3v) is 6.00. The smallest absolute Gasteiger partial charge is 0.245 e. The Kier molecular flexibility index (Phi) is 6.53. The first-order chi connectivity index (χ1) is 13.0. The fourth-order valence-corrected chi connectivity index (χ4v) is 4.54. The number of piperidine rings is 1. The van der Waals surface area contributed by atoms with Crippen LogP contribution in [0.2, 0.25) is 0 Å². The number of nitrogens with two attached hydrogens (primary N) is 1. The number of rotatable bonds is 6. The minimum absolute atomic E-state index is 0.107. The van der Waals surface area contributed by atoms with Crippen LogP contribution in [-0.2, 0) is 9.59 Å². The van der Waals surface area contributed by atoms with Crippen LogP contribution >= 0.6 is 0 Å². The van der Waals surface area contributed by atoms with Crippen LogP contribution < -0.4 is 5.73 Å². The summed E-state index contributed by atoms with van der Waals surface area (Å²) in [5.74, 6) is 1.15. The van der Waals surface area contributed by atoms with Gasteiger partial charge in [-0.3, -0.25) is 9.59 Å². The Bertz CT molecular complexity index is 646. The number of likely N-dealkylation sites (tertiary alicyclic amines) is 2. The predicted molar refractivity (Wildman–Crippen MR) is 107 cm³/mol. The van der Waals surface area contributed by atoms with Gasteiger partial charge in [-0.2, -0.15) is 0 Å². The van der Waals surface area contributed by atoms with Crippen LogP contribution in [0.4, 0.5) is 0 Å². The van der Waals surface area contributed by atoms with Crippen molar-refractivity contribution in [3.05, 3.63) is 35.9 Å². The maximum absolute atomic E-state index is 13.5. The lowest BCUT2D eigenvalue weighted by Crippen LogP contribution is -2.52. The Labute approximate surface area is 162 Å². The Morgan fingerprint density at radius 1 is 1.19 bits per heavy atom. The summed E-state index contributed by atoms with van der Waals surface area (Å²) in [7, 11) is 0. The molecule has 1 aromatic carbocycles. The molecule has 2 aliphatic rings. The molecule has 0 aliphatic carbocycles. The Morgan fingerprint density at radius 3 is 2.56 bits per heavy atom. The van der Waals surface area contributed by atoms with Gasteiger partial charge in [-0.05, 0) is 43.2 Å². The maximum atomic E-state index is 13.5. The SMILES string of the molecule is CC(C)CC(C(=O)N1C[C@@H](CN)[C@H](c2ccccc2)C1)N1CCCCC1=O. The van der Waals surface area contributed by atoms with Gasteiger partial charge in [-0.1, -0.05) is 44.2 Å². The van der Waals surface area contributed by atoms with Crippen LogP contribution in [0.1, 0.15) is 51.0 Å². The average molecular weight is 372 g/mol. The molecule has 5 heteroatoms. The molecule has 2 amide bonds. The highest BCUT2D eigenvalue weighted by molar-refractivity contribution is 5.88. The quantitative estimate of drug-likeness (QED) is 0.836. The molecule has 2 aliphatic heterocycles. The number of carbonyl (C=O) groups excluding carboxylic acids is 2. The van der Waals surface area contributed by atoms with E-state index >= 15 is 0 Å². The Balaban J connectivity index is 1.78. The van der Waals surface area contributed by atoms with Gasteiger partial charge in [0.15, 0.2) is 0 Å². The maximum Gasteiger partial charge on any atom is 0.245 e. The number of nitrogens with zero attached hydrogens (tertiary/aromatic N) is 2. The van der Waals surface area contributed by atoms with Crippen molar-refractivity contribution < 1.29 is 9.59 Å². The van der Waals surface area contributed by atoms with Crippen molar-refractivity contribution in [2.75, 3.05) is 26.2 Å². The highest BCUT2D eigenvalue weighted by atomic mass is 16.2. The number of carbonyl (C=O) groups is 2. The fraction of sp³-hybridized carbons (Fsp3) is 0.636. The molecule has 2 saturated heterocycles. The lowest BCUT2D eigenvalue weighted by atomic mass is 9.89. The summed E-state index contributed by atoms with van der Waals surface area (Å²) in [6.45, 7) is 6.90. The topological polar surface area (TPSA) is 66.6 Å². The summed E-state index contributed by atoms with van der Waals surface area (Å²) < 4.78 is 0. The standard InChI is InChI=1S/C22H33N3O2/c1-16(2)12-20(25-11-7-6-10-21(25)26)22(27)24-14-18(13-23)19(15-24)17-8-4-3-5-9-17/h3-5,8-9,16,18-20H,6-7,10-15,23H2,1-2H3/t18-,19+,20?/m1/s1. The van der Waals surface area contributed by atoms with Crippen molar-refractivity contribution in [3.63, 3.8) is 0 Å². The van der Waals surface area contributed by atoms with Gasteiger partial charge in [0.05, 0.1) is 0 Å². The molecule has 5 nitrogen and oxygen atoms in total. The molecule has 0 saturated carbocycles. The largest absolute Gasteiger partial charge is 0.340 e. The van der Waals surface area contributed by atoms with Gasteiger partial charge in [-0.15, -0.1) is 0 Å². The van der Waals surface area contributed by atoms with Gasteiger partial charge in [0, 0.05) is 32.0 Å². The zero-order valence-electron chi connectivity index (χ0n) is 16.6. The first kappa shape index (κ1) is 19.9. The molecule has 148 valence electrons. The van der Waals surface area contributed by atoms with E-state index in [-0.39, 0.29) is 29.7 Å². The normalized spacial score (nSPS) is 24.5. The van der Waals surface area contributed by atoms with E-state index in [9.17, 15) is 9.59 Å². The first-order valence-corrected chi connectivity index (χ1v) is 10.3. The average Bonchev–Trinajstić information content (AvgIpc) is 3.11. The van der Waals surface area contributed by atoms with E-state index in [4.69, 9.17) is 5.73 Å². The van der Waals surface area contributed by atoms with E-state index in [1.54, 1.807) is 0 Å². The van der Waals surface area contributed by atoms with E-state index < -0.39 is 0 Å². The van der Waals surface area contributed by atoms with Gasteiger partial charge in [0.25, 0.3) is 0 Å². The summed E-state index contributed by atoms with van der Waals surface area (Å²) >= 11 is 0. The third-order valence-electron chi connectivity index (χ3n) is 6.00. The zero-order valence-corrected chi connectivity index (χ0v) is 16.6. The lowest BCUT2D eigenvalue weighted by Gasteiger charge is -2.36. The van der Waals surface area contributed by atoms with Crippen LogP contribution in [-0.4, -0.2) is 53.8 Å². The van der Waals surface area contributed by atoms with E-state index in [1.165, 1.54) is 5.56 Å². The number of hydrogen-bond acceptors (Lipinski definition) is 3. The second-order valence-corrected chi connectivity index (χ2v) is 8.45. The van der Waals surface area contributed by atoms with Gasteiger partial charge in [-0.25, -0.2) is 0 Å². The Hall–Kier alpha value is -1.88. The predicted octanol–water partition coefficient (Wildman–Crippen LogP) is 2.61. The van der Waals surface area contributed by atoms with Crippen LogP contribution in [0.15, 0.2) is 30.3 Å². The van der Waals surface area contributed by atoms with E-state index in [2.05, 4.69) is 26.0 Å². The molecule has 0 radical (unpaired) electrons. The molecule has 1 unspecified atom stereocenters. The van der Waals surface area contributed by atoms with Gasteiger partial charge in [0.1, 0.15) is 6.04 Å². The zero-order chi connectivity index (χ0) is 19.4. The van der Waals surface area contributed by atoms with Crippen LogP contribution in [0.3, 0.4) is 0 Å². The van der Waals surface area contributed by atoms with Crippen molar-refractivity contribution in [2.24, 2.45) is 17.6 Å². The van der Waals surface area contributed by atoms with Crippen molar-refractivity contribution in [1.29, 1.82) is 0 Å². The number of benzene rings is 1. The molecule has 1 aromatic rings. The summed E-state index contributed by atoms with van der Waals surface area (Å²) in [4.78, 5) is 29.7. The van der Waals surface area contributed by atoms with Crippen LogP contribution in [0.5, 0.6) is 0 Å². The number of amides is 2. The molecule has 2 heterocycles. The van der Waals surface area contributed by atoms with Gasteiger partial charge >= 0.3 is 0 Å². The molecule has 0 spiro atoms. The molecular weight excluding hydrogens is 338 g/mol. The van der Waals surface area contributed by atoms with Crippen molar-refractivity contribution in [2.45, 2.75) is 51.5 Å². The monoisotopic (exact) mass is 371 g/mol. The Morgan fingerprint density at radius 2 is 1.93 bits per heavy atom. The van der Waals surface area contributed by atoms with Crippen LogP contribution in [0, 0.1) is 11.8 Å². The highest BCUT2D eigenvalue weighted by Gasteiger charge is 2.40. The van der Waals surface area contributed by atoms with Crippen molar-refractivity contribution >= 4 is 11.8 Å². The van der Waals surface area contributed by atoms with Crippen LogP contribution in [0.25, 0.3) is 0 Å². The van der Waals surface area contributed by atoms with Gasteiger partial charge < -0.3 is 15.5 Å². The fourth-order valence-electron chi connectivity index (χ4n) is 4.54. The minimum atomic E-state index is -0.328. The third kappa shape index (κ3) is 4.52. The van der Waals surface area contributed by atoms with Crippen molar-refractivity contribution in [3.8, 4) is 0 Å². The van der Waals surface area contributed by atoms with E-state index in [0.717, 1.165) is 19.3 Å². The summed E-state index contributed by atoms with van der Waals surface area (Å²) in [5.41, 5.74) is 7.29. The summed E-state index contributed by atoms with van der Waals surface area (Å²) in [6.07, 6.45) is 3.23. The molecule has 3 atom stereocenters. The summed E-state index contributed by atoms with van der Waals surface area (Å²) in [5, 5.41) is 0. The second-order valence-electron chi connectivity index (χ2n) is 8.45. The van der Waals surface area contributed by atoms with Crippen molar-refractivity contribution in [1.82, 2.24) is 9.80 Å². The summed E-state index contributed by atoms with van der Waals surface area (Å²) in [6, 6.07) is 10.0. The molecule has 0 aromatic heterocycles. The van der Waals surface area contributed by atoms with E-state index in [0.29, 0.717) is 38.5 Å². The molecule has 2 fully saturated rings. The molecular formula is C22H33N3O2. The highest BCUT2D eigenvalue weighted by Crippen LogP contribution is 2.33. The minimum Gasteiger partial charge on any atom is -0.340 e. The molecule has 2 N–H and O–H groups in total. The molecule has 0 bridgehead atoms. The molecule has 27 heavy (non-hydrogen) atoms.